The molecule has 0 aliphatic carbocycles. The summed E-state index contributed by atoms with van der Waals surface area (Å²) in [6.07, 6.45) is 11.4. The zero-order valence-electron chi connectivity index (χ0n) is 13.9. The molecule has 1 heterocycles. The summed E-state index contributed by atoms with van der Waals surface area (Å²) < 4.78 is 7.94. The van der Waals surface area contributed by atoms with Crippen LogP contribution in [0.4, 0.5) is 0 Å². The Balaban J connectivity index is 1.84. The summed E-state index contributed by atoms with van der Waals surface area (Å²) in [6, 6.07) is 8.27. The second-order valence-electron chi connectivity index (χ2n) is 5.78. The molecule has 0 amide bonds. The Morgan fingerprint density at radius 1 is 0.955 bits per heavy atom. The Labute approximate surface area is 134 Å². The zero-order chi connectivity index (χ0) is 15.6. The van der Waals surface area contributed by atoms with Gasteiger partial charge in [0, 0.05) is 18.3 Å². The molecule has 22 heavy (non-hydrogen) atoms. The first kappa shape index (κ1) is 16.6. The van der Waals surface area contributed by atoms with Crippen LogP contribution in [0.25, 0.3) is 11.3 Å². The van der Waals surface area contributed by atoms with E-state index in [1.54, 1.807) is 0 Å². The van der Waals surface area contributed by atoms with Crippen LogP contribution in [0.5, 0.6) is 5.75 Å². The largest absolute Gasteiger partial charge is 0.494 e. The third kappa shape index (κ3) is 5.21. The van der Waals surface area contributed by atoms with E-state index in [0.29, 0.717) is 0 Å². The number of imidazole rings is 1. The van der Waals surface area contributed by atoms with Gasteiger partial charge in [-0.1, -0.05) is 39.5 Å². The fraction of sp³-hybridized carbons (Fsp3) is 0.526. The van der Waals surface area contributed by atoms with Crippen molar-refractivity contribution in [2.45, 2.75) is 58.9 Å². The molecule has 0 saturated heterocycles. The van der Waals surface area contributed by atoms with Gasteiger partial charge in [0.1, 0.15) is 5.75 Å². The van der Waals surface area contributed by atoms with Crippen LogP contribution in [0.15, 0.2) is 36.8 Å². The van der Waals surface area contributed by atoms with Gasteiger partial charge < -0.3 is 9.30 Å². The quantitative estimate of drug-likeness (QED) is 0.556. The van der Waals surface area contributed by atoms with Crippen molar-refractivity contribution in [3.63, 3.8) is 0 Å². The van der Waals surface area contributed by atoms with E-state index in [9.17, 15) is 0 Å². The second-order valence-corrected chi connectivity index (χ2v) is 5.78. The average Bonchev–Trinajstić information content (AvgIpc) is 3.02. The van der Waals surface area contributed by atoms with Crippen LogP contribution < -0.4 is 4.74 Å². The van der Waals surface area contributed by atoms with E-state index in [1.165, 1.54) is 32.1 Å². The van der Waals surface area contributed by atoms with E-state index in [4.69, 9.17) is 4.74 Å². The van der Waals surface area contributed by atoms with Crippen LogP contribution in [0, 0.1) is 0 Å². The second kappa shape index (κ2) is 9.29. The summed E-state index contributed by atoms with van der Waals surface area (Å²) in [5.41, 5.74) is 2.18. The summed E-state index contributed by atoms with van der Waals surface area (Å²) in [5, 5.41) is 0. The highest BCUT2D eigenvalue weighted by Gasteiger charge is 2.03. The molecule has 3 nitrogen and oxygen atoms in total. The molecule has 0 N–H and O–H groups in total. The minimum atomic E-state index is 0.811. The molecule has 2 rings (SSSR count). The lowest BCUT2D eigenvalue weighted by Gasteiger charge is -2.06. The molecule has 120 valence electrons. The van der Waals surface area contributed by atoms with Crippen molar-refractivity contribution in [1.82, 2.24) is 9.55 Å². The topological polar surface area (TPSA) is 27.1 Å². The SMILES string of the molecule is CCCCCCOc1ccc(-c2cn(CCCC)cn2)cc1. The third-order valence-electron chi connectivity index (χ3n) is 3.82. The van der Waals surface area contributed by atoms with Crippen molar-refractivity contribution >= 4 is 0 Å². The highest BCUT2D eigenvalue weighted by atomic mass is 16.5. The van der Waals surface area contributed by atoms with E-state index < -0.39 is 0 Å². The highest BCUT2D eigenvalue weighted by molar-refractivity contribution is 5.59. The predicted octanol–water partition coefficient (Wildman–Crippen LogP) is 5.31. The van der Waals surface area contributed by atoms with Crippen molar-refractivity contribution in [1.29, 1.82) is 0 Å². The Hall–Kier alpha value is -1.77. The van der Waals surface area contributed by atoms with Crippen molar-refractivity contribution in [3.05, 3.63) is 36.8 Å². The van der Waals surface area contributed by atoms with Gasteiger partial charge >= 0.3 is 0 Å². The Morgan fingerprint density at radius 2 is 1.73 bits per heavy atom. The molecule has 1 aromatic heterocycles. The van der Waals surface area contributed by atoms with Crippen molar-refractivity contribution < 1.29 is 4.74 Å². The van der Waals surface area contributed by atoms with Crippen LogP contribution >= 0.6 is 0 Å². The number of hydrogen-bond acceptors (Lipinski definition) is 2. The smallest absolute Gasteiger partial charge is 0.119 e. The molecule has 0 unspecified atom stereocenters. The van der Waals surface area contributed by atoms with Gasteiger partial charge in [-0.3, -0.25) is 0 Å². The molecule has 0 aliphatic rings. The van der Waals surface area contributed by atoms with E-state index in [2.05, 4.69) is 41.7 Å². The van der Waals surface area contributed by atoms with Crippen LogP contribution in [0.2, 0.25) is 0 Å². The number of ether oxygens (including phenoxy) is 1. The maximum Gasteiger partial charge on any atom is 0.119 e. The lowest BCUT2D eigenvalue weighted by molar-refractivity contribution is 0.305. The van der Waals surface area contributed by atoms with Gasteiger partial charge in [-0.15, -0.1) is 0 Å². The fourth-order valence-corrected chi connectivity index (χ4v) is 2.41. The summed E-state index contributed by atoms with van der Waals surface area (Å²) in [7, 11) is 0. The standard InChI is InChI=1S/C19H28N2O/c1-3-5-7-8-14-22-18-11-9-17(10-12-18)19-15-21(16-20-19)13-6-4-2/h9-12,15-16H,3-8,13-14H2,1-2H3. The van der Waals surface area contributed by atoms with E-state index in [0.717, 1.165) is 36.6 Å². The van der Waals surface area contributed by atoms with Gasteiger partial charge in [-0.25, -0.2) is 4.98 Å². The molecule has 0 radical (unpaired) electrons. The molecule has 0 atom stereocenters. The van der Waals surface area contributed by atoms with Gasteiger partial charge in [0.15, 0.2) is 0 Å². The average molecular weight is 300 g/mol. The van der Waals surface area contributed by atoms with Crippen LogP contribution in [0.1, 0.15) is 52.4 Å². The molecular formula is C19H28N2O. The fourth-order valence-electron chi connectivity index (χ4n) is 2.41. The molecule has 3 heteroatoms. The molecule has 0 saturated carbocycles. The number of aryl methyl sites for hydroxylation is 1. The first-order chi connectivity index (χ1) is 10.8. The molecular weight excluding hydrogens is 272 g/mol. The molecule has 2 aromatic rings. The van der Waals surface area contributed by atoms with E-state index >= 15 is 0 Å². The molecule has 1 aromatic carbocycles. The van der Waals surface area contributed by atoms with E-state index in [-0.39, 0.29) is 0 Å². The summed E-state index contributed by atoms with van der Waals surface area (Å²) in [5.74, 6) is 0.950. The van der Waals surface area contributed by atoms with Gasteiger partial charge in [-0.2, -0.15) is 0 Å². The molecule has 0 fully saturated rings. The van der Waals surface area contributed by atoms with Crippen LogP contribution in [-0.2, 0) is 6.54 Å². The normalized spacial score (nSPS) is 10.8. The van der Waals surface area contributed by atoms with Gasteiger partial charge in [0.05, 0.1) is 18.6 Å². The molecule has 0 spiro atoms. The van der Waals surface area contributed by atoms with Gasteiger partial charge in [0.25, 0.3) is 0 Å². The van der Waals surface area contributed by atoms with Crippen molar-refractivity contribution in [2.24, 2.45) is 0 Å². The lowest BCUT2D eigenvalue weighted by atomic mass is 10.1. The summed E-state index contributed by atoms with van der Waals surface area (Å²) in [6.45, 7) is 6.29. The molecule has 0 bridgehead atoms. The number of unbranched alkanes of at least 4 members (excludes halogenated alkanes) is 4. The third-order valence-corrected chi connectivity index (χ3v) is 3.82. The first-order valence-corrected chi connectivity index (χ1v) is 8.58. The number of benzene rings is 1. The van der Waals surface area contributed by atoms with Crippen molar-refractivity contribution in [3.8, 4) is 17.0 Å². The number of nitrogens with zero attached hydrogens (tertiary/aromatic N) is 2. The first-order valence-electron chi connectivity index (χ1n) is 8.58. The Bertz CT molecular complexity index is 531. The zero-order valence-corrected chi connectivity index (χ0v) is 13.9. The minimum Gasteiger partial charge on any atom is -0.494 e. The monoisotopic (exact) mass is 300 g/mol. The number of hydrogen-bond donors (Lipinski definition) is 0. The van der Waals surface area contributed by atoms with Crippen molar-refractivity contribution in [2.75, 3.05) is 6.61 Å². The lowest BCUT2D eigenvalue weighted by Crippen LogP contribution is -1.97. The maximum absolute atomic E-state index is 5.78. The number of aromatic nitrogens is 2. The Kier molecular flexibility index (Phi) is 7.01. The summed E-state index contributed by atoms with van der Waals surface area (Å²) >= 11 is 0. The maximum atomic E-state index is 5.78. The highest BCUT2D eigenvalue weighted by Crippen LogP contribution is 2.21. The summed E-state index contributed by atoms with van der Waals surface area (Å²) in [4.78, 5) is 4.49. The number of rotatable bonds is 10. The Morgan fingerprint density at radius 3 is 2.45 bits per heavy atom. The van der Waals surface area contributed by atoms with Crippen LogP contribution in [0.3, 0.4) is 0 Å². The van der Waals surface area contributed by atoms with Gasteiger partial charge in [0.2, 0.25) is 0 Å². The minimum absolute atomic E-state index is 0.811. The van der Waals surface area contributed by atoms with E-state index in [1.807, 2.05) is 18.5 Å². The van der Waals surface area contributed by atoms with Gasteiger partial charge in [-0.05, 0) is 37.1 Å². The molecule has 0 aliphatic heterocycles. The van der Waals surface area contributed by atoms with Crippen LogP contribution in [-0.4, -0.2) is 16.2 Å². The predicted molar refractivity (Wildman–Crippen MR) is 92.2 cm³/mol.